The van der Waals surface area contributed by atoms with Crippen LogP contribution in [0.15, 0.2) is 66.9 Å². The Balaban J connectivity index is 1.65. The van der Waals surface area contributed by atoms with Crippen LogP contribution in [0, 0.1) is 5.82 Å². The van der Waals surface area contributed by atoms with Gasteiger partial charge < -0.3 is 15.2 Å². The summed E-state index contributed by atoms with van der Waals surface area (Å²) in [5.41, 5.74) is 3.20. The van der Waals surface area contributed by atoms with Gasteiger partial charge in [-0.15, -0.1) is 0 Å². The first kappa shape index (κ1) is 18.9. The van der Waals surface area contributed by atoms with Gasteiger partial charge in [0, 0.05) is 37.0 Å². The number of carbonyl (C=O) groups is 1. The fraction of sp³-hybridized carbons (Fsp3) is 0.227. The highest BCUT2D eigenvalue weighted by atomic mass is 19.1. The van der Waals surface area contributed by atoms with Gasteiger partial charge in [0.15, 0.2) is 0 Å². The smallest absolute Gasteiger partial charge is 0.251 e. The fourth-order valence-electron chi connectivity index (χ4n) is 3.10. The standard InChI is InChI=1S/C22H24FN3O/c1-24-15-17-14-21(19-10-5-6-11-20(19)23)26(16-17)13-7-12-25-22(27)18-8-3-2-4-9-18/h2-6,8-11,14,16,24H,7,12-13,15H2,1H3,(H,25,27). The number of hydrogen-bond donors (Lipinski definition) is 2. The summed E-state index contributed by atoms with van der Waals surface area (Å²) in [6, 6.07) is 18.0. The van der Waals surface area contributed by atoms with Crippen molar-refractivity contribution < 1.29 is 9.18 Å². The normalized spacial score (nSPS) is 10.7. The van der Waals surface area contributed by atoms with Gasteiger partial charge in [-0.25, -0.2) is 4.39 Å². The van der Waals surface area contributed by atoms with E-state index in [0.717, 1.165) is 24.2 Å². The maximum Gasteiger partial charge on any atom is 0.251 e. The lowest BCUT2D eigenvalue weighted by Crippen LogP contribution is -2.25. The number of halogens is 1. The lowest BCUT2D eigenvalue weighted by molar-refractivity contribution is 0.0952. The van der Waals surface area contributed by atoms with Gasteiger partial charge in [0.05, 0.1) is 5.69 Å². The van der Waals surface area contributed by atoms with E-state index in [1.165, 1.54) is 6.07 Å². The first-order chi connectivity index (χ1) is 13.2. The monoisotopic (exact) mass is 365 g/mol. The molecule has 1 heterocycles. The molecule has 0 fully saturated rings. The number of nitrogens with one attached hydrogen (secondary N) is 2. The lowest BCUT2D eigenvalue weighted by atomic mass is 10.1. The number of hydrogen-bond acceptors (Lipinski definition) is 2. The summed E-state index contributed by atoms with van der Waals surface area (Å²) in [5.74, 6) is -0.307. The third-order valence-electron chi connectivity index (χ3n) is 4.38. The fourth-order valence-corrected chi connectivity index (χ4v) is 3.10. The zero-order valence-corrected chi connectivity index (χ0v) is 15.4. The molecule has 0 aliphatic rings. The highest BCUT2D eigenvalue weighted by Gasteiger charge is 2.12. The number of aromatic nitrogens is 1. The summed E-state index contributed by atoms with van der Waals surface area (Å²) >= 11 is 0. The SMILES string of the molecule is CNCc1cc(-c2ccccc2F)n(CCCNC(=O)c2ccccc2)c1. The van der Waals surface area contributed by atoms with Gasteiger partial charge >= 0.3 is 0 Å². The van der Waals surface area contributed by atoms with E-state index in [1.807, 2.05) is 43.6 Å². The number of carbonyl (C=O) groups excluding carboxylic acids is 1. The molecule has 2 aromatic carbocycles. The molecule has 3 aromatic rings. The van der Waals surface area contributed by atoms with Gasteiger partial charge in [0.25, 0.3) is 5.91 Å². The molecule has 2 N–H and O–H groups in total. The molecule has 5 heteroatoms. The average molecular weight is 365 g/mol. The molecule has 1 aromatic heterocycles. The minimum absolute atomic E-state index is 0.0756. The highest BCUT2D eigenvalue weighted by Crippen LogP contribution is 2.25. The molecule has 0 radical (unpaired) electrons. The minimum Gasteiger partial charge on any atom is -0.352 e. The summed E-state index contributed by atoms with van der Waals surface area (Å²) in [6.45, 7) is 1.98. The molecule has 1 amide bonds. The molecule has 0 spiro atoms. The number of rotatable bonds is 8. The number of aryl methyl sites for hydroxylation is 1. The summed E-state index contributed by atoms with van der Waals surface area (Å²) in [5, 5.41) is 6.06. The van der Waals surface area contributed by atoms with Crippen molar-refractivity contribution in [1.82, 2.24) is 15.2 Å². The van der Waals surface area contributed by atoms with E-state index in [9.17, 15) is 9.18 Å². The zero-order chi connectivity index (χ0) is 19.1. The van der Waals surface area contributed by atoms with E-state index in [2.05, 4.69) is 15.2 Å². The van der Waals surface area contributed by atoms with Crippen molar-refractivity contribution in [3.05, 3.63) is 83.8 Å². The number of amides is 1. The molecule has 3 rings (SSSR count). The van der Waals surface area contributed by atoms with Crippen LogP contribution >= 0.6 is 0 Å². The van der Waals surface area contributed by atoms with E-state index in [1.54, 1.807) is 24.3 Å². The molecule has 27 heavy (non-hydrogen) atoms. The van der Waals surface area contributed by atoms with Crippen LogP contribution in [0.1, 0.15) is 22.3 Å². The van der Waals surface area contributed by atoms with E-state index in [4.69, 9.17) is 0 Å². The third-order valence-corrected chi connectivity index (χ3v) is 4.38. The Morgan fingerprint density at radius 1 is 1.07 bits per heavy atom. The first-order valence-electron chi connectivity index (χ1n) is 9.11. The average Bonchev–Trinajstić information content (AvgIpc) is 3.09. The second-order valence-electron chi connectivity index (χ2n) is 6.41. The molecule has 0 aliphatic carbocycles. The van der Waals surface area contributed by atoms with E-state index in [0.29, 0.717) is 24.2 Å². The van der Waals surface area contributed by atoms with Crippen LogP contribution in [-0.4, -0.2) is 24.1 Å². The Kier molecular flexibility index (Phi) is 6.39. The largest absolute Gasteiger partial charge is 0.352 e. The predicted molar refractivity (Wildman–Crippen MR) is 106 cm³/mol. The van der Waals surface area contributed by atoms with E-state index >= 15 is 0 Å². The van der Waals surface area contributed by atoms with Crippen LogP contribution in [-0.2, 0) is 13.1 Å². The van der Waals surface area contributed by atoms with Crippen molar-refractivity contribution in [3.8, 4) is 11.3 Å². The highest BCUT2D eigenvalue weighted by molar-refractivity contribution is 5.94. The second-order valence-corrected chi connectivity index (χ2v) is 6.41. The number of nitrogens with zero attached hydrogens (tertiary/aromatic N) is 1. The Labute approximate surface area is 159 Å². The maximum atomic E-state index is 14.2. The van der Waals surface area contributed by atoms with Crippen molar-refractivity contribution >= 4 is 5.91 Å². The summed E-state index contributed by atoms with van der Waals surface area (Å²) in [6.07, 6.45) is 2.80. The van der Waals surface area contributed by atoms with Crippen molar-refractivity contribution in [1.29, 1.82) is 0 Å². The zero-order valence-electron chi connectivity index (χ0n) is 15.4. The van der Waals surface area contributed by atoms with Gasteiger partial charge in [-0.3, -0.25) is 4.79 Å². The summed E-state index contributed by atoms with van der Waals surface area (Å²) in [7, 11) is 1.89. The van der Waals surface area contributed by atoms with E-state index < -0.39 is 0 Å². The molecule has 0 aliphatic heterocycles. The Bertz CT molecular complexity index is 890. The Morgan fingerprint density at radius 2 is 1.81 bits per heavy atom. The van der Waals surface area contributed by atoms with Crippen LogP contribution in [0.25, 0.3) is 11.3 Å². The lowest BCUT2D eigenvalue weighted by Gasteiger charge is -2.11. The van der Waals surface area contributed by atoms with Crippen molar-refractivity contribution in [2.24, 2.45) is 0 Å². The van der Waals surface area contributed by atoms with Gasteiger partial charge in [-0.05, 0) is 49.4 Å². The second kappa shape index (κ2) is 9.14. The topological polar surface area (TPSA) is 46.1 Å². The molecule has 0 unspecified atom stereocenters. The van der Waals surface area contributed by atoms with Crippen LogP contribution in [0.3, 0.4) is 0 Å². The minimum atomic E-state index is -0.231. The molecule has 140 valence electrons. The Hall–Kier alpha value is -2.92. The van der Waals surface area contributed by atoms with Crippen LogP contribution in [0.5, 0.6) is 0 Å². The predicted octanol–water partition coefficient (Wildman–Crippen LogP) is 3.83. The van der Waals surface area contributed by atoms with Crippen LogP contribution < -0.4 is 10.6 Å². The molecular formula is C22H24FN3O. The molecule has 0 atom stereocenters. The van der Waals surface area contributed by atoms with E-state index in [-0.39, 0.29) is 11.7 Å². The van der Waals surface area contributed by atoms with Crippen molar-refractivity contribution in [3.63, 3.8) is 0 Å². The Morgan fingerprint density at radius 3 is 2.56 bits per heavy atom. The maximum absolute atomic E-state index is 14.2. The van der Waals surface area contributed by atoms with Gasteiger partial charge in [-0.1, -0.05) is 30.3 Å². The molecule has 0 saturated heterocycles. The molecule has 0 bridgehead atoms. The molecule has 4 nitrogen and oxygen atoms in total. The first-order valence-corrected chi connectivity index (χ1v) is 9.11. The summed E-state index contributed by atoms with van der Waals surface area (Å²) in [4.78, 5) is 12.1. The quantitative estimate of drug-likeness (QED) is 0.596. The van der Waals surface area contributed by atoms with Gasteiger partial charge in [0.1, 0.15) is 5.82 Å². The van der Waals surface area contributed by atoms with Crippen molar-refractivity contribution in [2.45, 2.75) is 19.5 Å². The van der Waals surface area contributed by atoms with Crippen LogP contribution in [0.2, 0.25) is 0 Å². The third kappa shape index (κ3) is 4.83. The van der Waals surface area contributed by atoms with Gasteiger partial charge in [-0.2, -0.15) is 0 Å². The van der Waals surface area contributed by atoms with Crippen molar-refractivity contribution in [2.75, 3.05) is 13.6 Å². The van der Waals surface area contributed by atoms with Gasteiger partial charge in [0.2, 0.25) is 0 Å². The van der Waals surface area contributed by atoms with Crippen LogP contribution in [0.4, 0.5) is 4.39 Å². The summed E-state index contributed by atoms with van der Waals surface area (Å²) < 4.78 is 16.3. The molecule has 0 saturated carbocycles. The molecular weight excluding hydrogens is 341 g/mol. The number of benzene rings is 2.